The zero-order valence-electron chi connectivity index (χ0n) is 8.53. The molecule has 17 heavy (non-hydrogen) atoms. The van der Waals surface area contributed by atoms with E-state index in [4.69, 9.17) is 39.5 Å². The second kappa shape index (κ2) is 5.54. The van der Waals surface area contributed by atoms with E-state index in [9.17, 15) is 0 Å². The van der Waals surface area contributed by atoms with Crippen molar-refractivity contribution in [3.63, 3.8) is 0 Å². The minimum absolute atomic E-state index is 0.296. The molecular weight excluding hydrogens is 282 g/mol. The van der Waals surface area contributed by atoms with E-state index in [0.29, 0.717) is 27.6 Å². The van der Waals surface area contributed by atoms with E-state index in [-0.39, 0.29) is 0 Å². The molecule has 2 aromatic rings. The van der Waals surface area contributed by atoms with Crippen LogP contribution in [-0.2, 0) is 5.88 Å². The molecule has 0 unspecified atom stereocenters. The molecule has 0 aliphatic rings. The number of aromatic nitrogens is 2. The van der Waals surface area contributed by atoms with Crippen molar-refractivity contribution in [1.82, 2.24) is 9.97 Å². The Morgan fingerprint density at radius 2 is 1.94 bits per heavy atom. The highest BCUT2D eigenvalue weighted by Gasteiger charge is 2.06. The molecular formula is C11H7Cl3N2O. The molecule has 0 radical (unpaired) electrons. The summed E-state index contributed by atoms with van der Waals surface area (Å²) in [5.74, 6) is 1.13. The zero-order chi connectivity index (χ0) is 12.3. The van der Waals surface area contributed by atoms with Crippen LogP contribution in [0.15, 0.2) is 30.7 Å². The van der Waals surface area contributed by atoms with Crippen molar-refractivity contribution in [3.05, 3.63) is 46.3 Å². The summed E-state index contributed by atoms with van der Waals surface area (Å²) in [6, 6.07) is 3.33. The molecule has 0 spiro atoms. The maximum atomic E-state index is 6.00. The molecule has 0 amide bonds. The highest BCUT2D eigenvalue weighted by molar-refractivity contribution is 6.32. The third-order valence-corrected chi connectivity index (χ3v) is 2.70. The highest BCUT2D eigenvalue weighted by atomic mass is 35.5. The van der Waals surface area contributed by atoms with Crippen molar-refractivity contribution in [2.45, 2.75) is 5.88 Å². The molecule has 2 heterocycles. The van der Waals surface area contributed by atoms with Crippen LogP contribution in [0.25, 0.3) is 0 Å². The smallest absolute Gasteiger partial charge is 0.238 e. The van der Waals surface area contributed by atoms with E-state index in [2.05, 4.69) is 9.97 Å². The van der Waals surface area contributed by atoms with E-state index in [0.717, 1.165) is 5.56 Å². The number of halogens is 3. The van der Waals surface area contributed by atoms with Crippen molar-refractivity contribution in [2.24, 2.45) is 0 Å². The first-order valence-corrected chi connectivity index (χ1v) is 5.97. The lowest BCUT2D eigenvalue weighted by atomic mass is 10.3. The summed E-state index contributed by atoms with van der Waals surface area (Å²) in [6.07, 6.45) is 4.64. The molecule has 0 fully saturated rings. The Balaban J connectivity index is 2.24. The van der Waals surface area contributed by atoms with Gasteiger partial charge in [-0.3, -0.25) is 4.98 Å². The van der Waals surface area contributed by atoms with E-state index in [1.165, 1.54) is 12.4 Å². The molecule has 0 aromatic carbocycles. The van der Waals surface area contributed by atoms with Crippen LogP contribution in [0.5, 0.6) is 11.6 Å². The summed E-state index contributed by atoms with van der Waals surface area (Å²) in [5.41, 5.74) is 0.827. The van der Waals surface area contributed by atoms with Crippen LogP contribution >= 0.6 is 34.8 Å². The first-order chi connectivity index (χ1) is 8.19. The second-order valence-electron chi connectivity index (χ2n) is 3.21. The first kappa shape index (κ1) is 12.4. The number of pyridine rings is 2. The number of hydrogen-bond donors (Lipinski definition) is 0. The van der Waals surface area contributed by atoms with Crippen LogP contribution in [0, 0.1) is 0 Å². The fraction of sp³-hybridized carbons (Fsp3) is 0.0909. The van der Waals surface area contributed by atoms with Gasteiger partial charge in [-0.2, -0.15) is 0 Å². The van der Waals surface area contributed by atoms with Gasteiger partial charge in [0.15, 0.2) is 0 Å². The van der Waals surface area contributed by atoms with Crippen molar-refractivity contribution in [3.8, 4) is 11.6 Å². The molecule has 88 valence electrons. The van der Waals surface area contributed by atoms with Gasteiger partial charge in [-0.1, -0.05) is 23.2 Å². The Kier molecular flexibility index (Phi) is 4.05. The molecule has 0 saturated carbocycles. The second-order valence-corrected chi connectivity index (χ2v) is 4.32. The SMILES string of the molecule is ClCc1cnc(Oc2cncc(Cl)c2)c(Cl)c1. The molecule has 6 heteroatoms. The fourth-order valence-corrected chi connectivity index (χ4v) is 1.71. The highest BCUT2D eigenvalue weighted by Crippen LogP contribution is 2.28. The van der Waals surface area contributed by atoms with Crippen molar-refractivity contribution < 1.29 is 4.74 Å². The Bertz CT molecular complexity index is 534. The molecule has 0 N–H and O–H groups in total. The van der Waals surface area contributed by atoms with Gasteiger partial charge in [-0.05, 0) is 11.6 Å². The quantitative estimate of drug-likeness (QED) is 0.790. The van der Waals surface area contributed by atoms with Crippen molar-refractivity contribution in [1.29, 1.82) is 0 Å². The normalized spacial score (nSPS) is 10.3. The predicted molar refractivity (Wildman–Crippen MR) is 68.1 cm³/mol. The van der Waals surface area contributed by atoms with Gasteiger partial charge in [0, 0.05) is 24.3 Å². The van der Waals surface area contributed by atoms with Crippen LogP contribution in [0.3, 0.4) is 0 Å². The maximum Gasteiger partial charge on any atom is 0.238 e. The summed E-state index contributed by atoms with van der Waals surface area (Å²) in [6.45, 7) is 0. The number of rotatable bonds is 3. The Labute approximate surface area is 113 Å². The molecule has 0 aliphatic carbocycles. The van der Waals surface area contributed by atoms with Gasteiger partial charge in [-0.15, -0.1) is 11.6 Å². The lowest BCUT2D eigenvalue weighted by molar-refractivity contribution is 0.461. The van der Waals surface area contributed by atoms with Crippen LogP contribution < -0.4 is 4.74 Å². The van der Waals surface area contributed by atoms with Gasteiger partial charge < -0.3 is 4.74 Å². The molecule has 0 saturated heterocycles. The van der Waals surface area contributed by atoms with Gasteiger partial charge in [0.1, 0.15) is 10.8 Å². The molecule has 0 atom stereocenters. The number of ether oxygens (including phenoxy) is 1. The minimum Gasteiger partial charge on any atom is -0.436 e. The third-order valence-electron chi connectivity index (χ3n) is 1.91. The lowest BCUT2D eigenvalue weighted by Gasteiger charge is -2.06. The average Bonchev–Trinajstić information content (AvgIpc) is 2.32. The summed E-state index contributed by atoms with van der Waals surface area (Å²) < 4.78 is 5.46. The van der Waals surface area contributed by atoms with Gasteiger partial charge in [0.2, 0.25) is 5.88 Å². The van der Waals surface area contributed by atoms with E-state index >= 15 is 0 Å². The Morgan fingerprint density at radius 1 is 1.12 bits per heavy atom. The minimum atomic E-state index is 0.296. The van der Waals surface area contributed by atoms with Gasteiger partial charge in [0.25, 0.3) is 0 Å². The fourth-order valence-electron chi connectivity index (χ4n) is 1.17. The summed E-state index contributed by atoms with van der Waals surface area (Å²) in [4.78, 5) is 7.96. The summed E-state index contributed by atoms with van der Waals surface area (Å²) in [7, 11) is 0. The summed E-state index contributed by atoms with van der Waals surface area (Å²) >= 11 is 17.4. The van der Waals surface area contributed by atoms with Gasteiger partial charge in [0.05, 0.1) is 11.2 Å². The molecule has 0 bridgehead atoms. The topological polar surface area (TPSA) is 35.0 Å². The number of hydrogen-bond acceptors (Lipinski definition) is 3. The van der Waals surface area contributed by atoms with Crippen LogP contribution in [-0.4, -0.2) is 9.97 Å². The van der Waals surface area contributed by atoms with Crippen LogP contribution in [0.1, 0.15) is 5.56 Å². The zero-order valence-corrected chi connectivity index (χ0v) is 10.8. The Morgan fingerprint density at radius 3 is 2.59 bits per heavy atom. The maximum absolute atomic E-state index is 6.00. The third kappa shape index (κ3) is 3.22. The standard InChI is InChI=1S/C11H7Cl3N2O/c12-3-7-1-10(14)11(16-4-7)17-9-2-8(13)5-15-6-9/h1-2,4-6H,3H2. The van der Waals surface area contributed by atoms with Crippen molar-refractivity contribution >= 4 is 34.8 Å². The lowest BCUT2D eigenvalue weighted by Crippen LogP contribution is -1.91. The largest absolute Gasteiger partial charge is 0.436 e. The van der Waals surface area contributed by atoms with E-state index < -0.39 is 0 Å². The predicted octanol–water partition coefficient (Wildman–Crippen LogP) is 4.31. The number of nitrogens with zero attached hydrogens (tertiary/aromatic N) is 2. The monoisotopic (exact) mass is 288 g/mol. The first-order valence-electron chi connectivity index (χ1n) is 4.68. The van der Waals surface area contributed by atoms with E-state index in [1.807, 2.05) is 0 Å². The number of alkyl halides is 1. The van der Waals surface area contributed by atoms with Crippen LogP contribution in [0.2, 0.25) is 10.0 Å². The molecule has 2 aromatic heterocycles. The summed E-state index contributed by atoms with van der Waals surface area (Å²) in [5, 5.41) is 0.874. The van der Waals surface area contributed by atoms with Gasteiger partial charge in [-0.25, -0.2) is 4.98 Å². The molecule has 3 nitrogen and oxygen atoms in total. The van der Waals surface area contributed by atoms with Gasteiger partial charge >= 0.3 is 0 Å². The van der Waals surface area contributed by atoms with Crippen LogP contribution in [0.4, 0.5) is 0 Å². The van der Waals surface area contributed by atoms with Crippen molar-refractivity contribution in [2.75, 3.05) is 0 Å². The average molecular weight is 290 g/mol. The molecule has 2 rings (SSSR count). The van der Waals surface area contributed by atoms with E-state index in [1.54, 1.807) is 18.3 Å². The Hall–Kier alpha value is -1.03. The molecule has 0 aliphatic heterocycles.